The van der Waals surface area contributed by atoms with E-state index in [0.29, 0.717) is 0 Å². The largest absolute Gasteiger partial charge is 0.422 e. The number of hydrogen-bond donors (Lipinski definition) is 0. The summed E-state index contributed by atoms with van der Waals surface area (Å²) in [6, 6.07) is 5.76. The molecule has 1 aliphatic rings. The Morgan fingerprint density at radius 3 is 2.90 bits per heavy atom. The van der Waals surface area contributed by atoms with Gasteiger partial charge in [-0.3, -0.25) is 4.90 Å². The second kappa shape index (κ2) is 5.62. The maximum absolute atomic E-state index is 11.9. The molecule has 0 radical (unpaired) electrons. The molecule has 0 saturated carbocycles. The van der Waals surface area contributed by atoms with Crippen LogP contribution >= 0.6 is 0 Å². The standard InChI is InChI=1S/C17H21NO3/c1-11-4-5-15-14(8-16(19)21-17(15)13(11)3)10-18-6-7-20-12(2)9-18/h4-5,8,12H,6-7,9-10H2,1-3H3/t12-/m1/s1. The van der Waals surface area contributed by atoms with Crippen LogP contribution in [0.25, 0.3) is 11.0 Å². The van der Waals surface area contributed by atoms with Crippen LogP contribution in [0.2, 0.25) is 0 Å². The lowest BCUT2D eigenvalue weighted by molar-refractivity contribution is -0.0211. The van der Waals surface area contributed by atoms with Gasteiger partial charge < -0.3 is 9.15 Å². The predicted molar refractivity (Wildman–Crippen MR) is 82.6 cm³/mol. The molecule has 0 amide bonds. The lowest BCUT2D eigenvalue weighted by atomic mass is 10.0. The van der Waals surface area contributed by atoms with Gasteiger partial charge in [-0.1, -0.05) is 12.1 Å². The average molecular weight is 287 g/mol. The van der Waals surface area contributed by atoms with E-state index in [4.69, 9.17) is 9.15 Å². The number of rotatable bonds is 2. The Kier molecular flexibility index (Phi) is 3.83. The zero-order chi connectivity index (χ0) is 15.0. The first kappa shape index (κ1) is 14.3. The number of aryl methyl sites for hydroxylation is 2. The molecule has 1 aromatic carbocycles. The van der Waals surface area contributed by atoms with Crippen LogP contribution in [0.15, 0.2) is 27.4 Å². The zero-order valence-electron chi connectivity index (χ0n) is 12.8. The normalized spacial score (nSPS) is 20.0. The van der Waals surface area contributed by atoms with E-state index in [1.165, 1.54) is 0 Å². The van der Waals surface area contributed by atoms with E-state index in [1.807, 2.05) is 13.8 Å². The van der Waals surface area contributed by atoms with Crippen molar-refractivity contribution in [2.24, 2.45) is 0 Å². The first-order chi connectivity index (χ1) is 10.0. The fourth-order valence-corrected chi connectivity index (χ4v) is 2.93. The second-order valence-corrected chi connectivity index (χ2v) is 5.89. The smallest absolute Gasteiger partial charge is 0.336 e. The van der Waals surface area contributed by atoms with E-state index >= 15 is 0 Å². The van der Waals surface area contributed by atoms with Crippen molar-refractivity contribution in [1.29, 1.82) is 0 Å². The summed E-state index contributed by atoms with van der Waals surface area (Å²) in [5.74, 6) is 0. The molecule has 4 heteroatoms. The highest BCUT2D eigenvalue weighted by atomic mass is 16.5. The summed E-state index contributed by atoms with van der Waals surface area (Å²) in [6.45, 7) is 9.42. The first-order valence-electron chi connectivity index (χ1n) is 7.41. The third-order valence-electron chi connectivity index (χ3n) is 4.24. The lowest BCUT2D eigenvalue weighted by Crippen LogP contribution is -2.40. The first-order valence-corrected chi connectivity index (χ1v) is 7.41. The van der Waals surface area contributed by atoms with Gasteiger partial charge in [-0.2, -0.15) is 0 Å². The minimum atomic E-state index is -0.271. The summed E-state index contributed by atoms with van der Waals surface area (Å²) in [6.07, 6.45) is 0.245. The molecule has 3 rings (SSSR count). The Balaban J connectivity index is 2.02. The second-order valence-electron chi connectivity index (χ2n) is 5.89. The highest BCUT2D eigenvalue weighted by molar-refractivity contribution is 5.83. The number of morpholine rings is 1. The molecular weight excluding hydrogens is 266 g/mol. The molecule has 2 aromatic rings. The van der Waals surface area contributed by atoms with Crippen LogP contribution in [0.3, 0.4) is 0 Å². The average Bonchev–Trinajstić information content (AvgIpc) is 2.43. The molecule has 1 saturated heterocycles. The number of hydrogen-bond acceptors (Lipinski definition) is 4. The van der Waals surface area contributed by atoms with Crippen LogP contribution in [0, 0.1) is 13.8 Å². The summed E-state index contributed by atoms with van der Waals surface area (Å²) in [5, 5.41) is 1.04. The van der Waals surface area contributed by atoms with Gasteiger partial charge in [-0.05, 0) is 37.5 Å². The maximum Gasteiger partial charge on any atom is 0.336 e. The van der Waals surface area contributed by atoms with Crippen LogP contribution in [0.5, 0.6) is 0 Å². The summed E-state index contributed by atoms with van der Waals surface area (Å²) >= 11 is 0. The van der Waals surface area contributed by atoms with Gasteiger partial charge in [0.1, 0.15) is 5.58 Å². The van der Waals surface area contributed by atoms with Crippen molar-refractivity contribution in [2.75, 3.05) is 19.7 Å². The van der Waals surface area contributed by atoms with Crippen LogP contribution in [-0.4, -0.2) is 30.7 Å². The van der Waals surface area contributed by atoms with Gasteiger partial charge in [-0.15, -0.1) is 0 Å². The Morgan fingerprint density at radius 1 is 1.33 bits per heavy atom. The van der Waals surface area contributed by atoms with Crippen LogP contribution in [0.4, 0.5) is 0 Å². The number of ether oxygens (including phenoxy) is 1. The molecule has 0 unspecified atom stereocenters. The van der Waals surface area contributed by atoms with Gasteiger partial charge >= 0.3 is 5.63 Å². The minimum absolute atomic E-state index is 0.245. The fourth-order valence-electron chi connectivity index (χ4n) is 2.93. The molecule has 1 fully saturated rings. The van der Waals surface area contributed by atoms with Gasteiger partial charge in [0.2, 0.25) is 0 Å². The van der Waals surface area contributed by atoms with Crippen molar-refractivity contribution in [3.05, 3.63) is 45.3 Å². The zero-order valence-corrected chi connectivity index (χ0v) is 12.8. The lowest BCUT2D eigenvalue weighted by Gasteiger charge is -2.31. The Hall–Kier alpha value is -1.65. The van der Waals surface area contributed by atoms with Crippen molar-refractivity contribution < 1.29 is 9.15 Å². The quantitative estimate of drug-likeness (QED) is 0.796. The van der Waals surface area contributed by atoms with Crippen LogP contribution in [-0.2, 0) is 11.3 Å². The molecule has 1 atom stereocenters. The molecule has 0 spiro atoms. The van der Waals surface area contributed by atoms with Gasteiger partial charge in [0.25, 0.3) is 0 Å². The summed E-state index contributed by atoms with van der Waals surface area (Å²) in [5.41, 5.74) is 3.68. The van der Waals surface area contributed by atoms with Crippen molar-refractivity contribution in [1.82, 2.24) is 4.90 Å². The van der Waals surface area contributed by atoms with E-state index < -0.39 is 0 Å². The molecule has 2 heterocycles. The Labute approximate surface area is 124 Å². The molecule has 0 aliphatic carbocycles. The number of benzene rings is 1. The molecule has 0 N–H and O–H groups in total. The van der Waals surface area contributed by atoms with E-state index in [0.717, 1.165) is 53.9 Å². The molecule has 1 aliphatic heterocycles. The van der Waals surface area contributed by atoms with Crippen LogP contribution < -0.4 is 5.63 Å². The fraction of sp³-hybridized carbons (Fsp3) is 0.471. The summed E-state index contributed by atoms with van der Waals surface area (Å²) < 4.78 is 11.0. The summed E-state index contributed by atoms with van der Waals surface area (Å²) in [4.78, 5) is 14.2. The van der Waals surface area contributed by atoms with Crippen LogP contribution in [0.1, 0.15) is 23.6 Å². The molecule has 1 aromatic heterocycles. The van der Waals surface area contributed by atoms with Gasteiger partial charge in [0.05, 0.1) is 12.7 Å². The van der Waals surface area contributed by atoms with Gasteiger partial charge in [-0.25, -0.2) is 4.79 Å². The maximum atomic E-state index is 11.9. The SMILES string of the molecule is Cc1ccc2c(CN3CCO[C@H](C)C3)cc(=O)oc2c1C. The Bertz CT molecular complexity index is 720. The molecule has 112 valence electrons. The van der Waals surface area contributed by atoms with Crippen molar-refractivity contribution >= 4 is 11.0 Å². The third-order valence-corrected chi connectivity index (χ3v) is 4.24. The molecular formula is C17H21NO3. The Morgan fingerprint density at radius 2 is 2.14 bits per heavy atom. The topological polar surface area (TPSA) is 42.7 Å². The van der Waals surface area contributed by atoms with Crippen molar-refractivity contribution in [3.8, 4) is 0 Å². The van der Waals surface area contributed by atoms with E-state index in [9.17, 15) is 4.79 Å². The number of fused-ring (bicyclic) bond motifs is 1. The number of nitrogens with zero attached hydrogens (tertiary/aromatic N) is 1. The highest BCUT2D eigenvalue weighted by Gasteiger charge is 2.18. The molecule has 0 bridgehead atoms. The van der Waals surface area contributed by atoms with E-state index in [1.54, 1.807) is 6.07 Å². The highest BCUT2D eigenvalue weighted by Crippen LogP contribution is 2.24. The summed E-state index contributed by atoms with van der Waals surface area (Å²) in [7, 11) is 0. The predicted octanol–water partition coefficient (Wildman–Crippen LogP) is 2.63. The van der Waals surface area contributed by atoms with Gasteiger partial charge in [0, 0.05) is 31.1 Å². The molecule has 21 heavy (non-hydrogen) atoms. The minimum Gasteiger partial charge on any atom is -0.422 e. The molecule has 4 nitrogen and oxygen atoms in total. The van der Waals surface area contributed by atoms with Crippen molar-refractivity contribution in [3.63, 3.8) is 0 Å². The van der Waals surface area contributed by atoms with E-state index in [2.05, 4.69) is 24.0 Å². The monoisotopic (exact) mass is 287 g/mol. The third kappa shape index (κ3) is 2.87. The van der Waals surface area contributed by atoms with Gasteiger partial charge in [0.15, 0.2) is 0 Å². The van der Waals surface area contributed by atoms with E-state index in [-0.39, 0.29) is 11.7 Å². The van der Waals surface area contributed by atoms with Crippen molar-refractivity contribution in [2.45, 2.75) is 33.4 Å².